The quantitative estimate of drug-likeness (QED) is 0.556. The molecular formula is C23H27BrO3. The predicted molar refractivity (Wildman–Crippen MR) is 110 cm³/mol. The van der Waals surface area contributed by atoms with Crippen LogP contribution in [0.2, 0.25) is 0 Å². The molecular weight excluding hydrogens is 404 g/mol. The monoisotopic (exact) mass is 430 g/mol. The summed E-state index contributed by atoms with van der Waals surface area (Å²) in [5.74, 6) is 2.98. The Bertz CT molecular complexity index is 838. The van der Waals surface area contributed by atoms with Crippen LogP contribution in [-0.2, 0) is 6.42 Å². The smallest absolute Gasteiger partial charge is 0.343 e. The SMILES string of the molecule is CCC(c1ccccc1)c1c(O)c(Br)c(CCC(C2CC2)C2CC2)oc1=O. The molecule has 1 atom stereocenters. The van der Waals surface area contributed by atoms with Crippen molar-refractivity contribution in [2.45, 2.75) is 57.8 Å². The lowest BCUT2D eigenvalue weighted by molar-refractivity contribution is 0.346. The Hall–Kier alpha value is -1.55. The summed E-state index contributed by atoms with van der Waals surface area (Å²) < 4.78 is 6.27. The van der Waals surface area contributed by atoms with Crippen LogP contribution >= 0.6 is 15.9 Å². The Morgan fingerprint density at radius 3 is 2.33 bits per heavy atom. The van der Waals surface area contributed by atoms with Gasteiger partial charge in [-0.05, 0) is 77.8 Å². The Labute approximate surface area is 168 Å². The van der Waals surface area contributed by atoms with Crippen LogP contribution < -0.4 is 5.63 Å². The van der Waals surface area contributed by atoms with Gasteiger partial charge in [-0.25, -0.2) is 4.79 Å². The van der Waals surface area contributed by atoms with Crippen LogP contribution in [0, 0.1) is 17.8 Å². The van der Waals surface area contributed by atoms with E-state index in [2.05, 4.69) is 15.9 Å². The molecule has 0 radical (unpaired) electrons. The molecule has 0 aliphatic heterocycles. The number of aryl methyl sites for hydroxylation is 1. The van der Waals surface area contributed by atoms with Crippen LogP contribution in [-0.4, -0.2) is 5.11 Å². The fourth-order valence-electron chi connectivity index (χ4n) is 4.52. The van der Waals surface area contributed by atoms with Crippen LogP contribution in [0.1, 0.15) is 68.3 Å². The fraction of sp³-hybridized carbons (Fsp3) is 0.522. The number of hydrogen-bond donors (Lipinski definition) is 1. The van der Waals surface area contributed by atoms with E-state index in [0.717, 1.165) is 36.2 Å². The Morgan fingerprint density at radius 2 is 1.78 bits per heavy atom. The summed E-state index contributed by atoms with van der Waals surface area (Å²) in [6.07, 6.45) is 7.89. The molecule has 4 heteroatoms. The number of hydrogen-bond acceptors (Lipinski definition) is 3. The maximum absolute atomic E-state index is 12.8. The highest BCUT2D eigenvalue weighted by atomic mass is 79.9. The van der Waals surface area contributed by atoms with E-state index in [1.54, 1.807) is 0 Å². The highest BCUT2D eigenvalue weighted by Gasteiger charge is 2.41. The Kier molecular flexibility index (Phi) is 5.45. The molecule has 0 spiro atoms. The summed E-state index contributed by atoms with van der Waals surface area (Å²) in [5, 5.41) is 10.8. The van der Waals surface area contributed by atoms with Crippen LogP contribution in [0.5, 0.6) is 5.75 Å². The molecule has 2 aliphatic carbocycles. The van der Waals surface area contributed by atoms with Crippen LogP contribution in [0.15, 0.2) is 44.0 Å². The molecule has 27 heavy (non-hydrogen) atoms. The molecule has 2 fully saturated rings. The minimum atomic E-state index is -0.407. The van der Waals surface area contributed by atoms with Crippen molar-refractivity contribution < 1.29 is 9.52 Å². The third kappa shape index (κ3) is 4.01. The van der Waals surface area contributed by atoms with Crippen LogP contribution in [0.3, 0.4) is 0 Å². The van der Waals surface area contributed by atoms with E-state index in [-0.39, 0.29) is 11.7 Å². The first-order chi connectivity index (χ1) is 13.1. The van der Waals surface area contributed by atoms with E-state index < -0.39 is 5.63 Å². The van der Waals surface area contributed by atoms with Crippen LogP contribution in [0.4, 0.5) is 0 Å². The lowest BCUT2D eigenvalue weighted by Crippen LogP contribution is -2.16. The van der Waals surface area contributed by atoms with Crippen molar-refractivity contribution in [3.05, 3.63) is 62.1 Å². The first-order valence-electron chi connectivity index (χ1n) is 10.2. The molecule has 0 saturated heterocycles. The Morgan fingerprint density at radius 1 is 1.15 bits per heavy atom. The standard InChI is InChI=1S/C23H27BrO3/c1-2-17(14-6-4-3-5-7-14)20-22(25)21(24)19(27-23(20)26)13-12-18(15-8-9-15)16-10-11-16/h3-7,15-18,25H,2,8-13H2,1H3. The van der Waals surface area contributed by atoms with Gasteiger partial charge in [-0.2, -0.15) is 0 Å². The molecule has 1 aromatic heterocycles. The van der Waals surface area contributed by atoms with Gasteiger partial charge in [0.05, 0.1) is 10.0 Å². The lowest BCUT2D eigenvalue weighted by Gasteiger charge is -2.19. The van der Waals surface area contributed by atoms with Crippen LogP contribution in [0.25, 0.3) is 0 Å². The van der Waals surface area contributed by atoms with Gasteiger partial charge < -0.3 is 9.52 Å². The molecule has 144 valence electrons. The van der Waals surface area contributed by atoms with Crippen molar-refractivity contribution in [3.8, 4) is 5.75 Å². The van der Waals surface area contributed by atoms with Crippen molar-refractivity contribution >= 4 is 15.9 Å². The van der Waals surface area contributed by atoms with E-state index >= 15 is 0 Å². The van der Waals surface area contributed by atoms with Gasteiger partial charge in [0.25, 0.3) is 0 Å². The molecule has 1 unspecified atom stereocenters. The van der Waals surface area contributed by atoms with Crippen molar-refractivity contribution in [1.82, 2.24) is 0 Å². The second-order valence-corrected chi connectivity index (χ2v) is 8.93. The molecule has 1 N–H and O–H groups in total. The third-order valence-corrected chi connectivity index (χ3v) is 7.08. The first kappa shape index (κ1) is 18.8. The largest absolute Gasteiger partial charge is 0.506 e. The van der Waals surface area contributed by atoms with Crippen molar-refractivity contribution in [1.29, 1.82) is 0 Å². The van der Waals surface area contributed by atoms with E-state index in [0.29, 0.717) is 22.2 Å². The van der Waals surface area contributed by atoms with Crippen molar-refractivity contribution in [2.24, 2.45) is 17.8 Å². The predicted octanol–water partition coefficient (Wildman–Crippen LogP) is 6.02. The summed E-state index contributed by atoms with van der Waals surface area (Å²) >= 11 is 3.51. The van der Waals surface area contributed by atoms with Gasteiger partial charge in [-0.15, -0.1) is 0 Å². The Balaban J connectivity index is 1.59. The minimum absolute atomic E-state index is 0.0475. The molecule has 1 heterocycles. The molecule has 0 amide bonds. The van der Waals surface area contributed by atoms with Gasteiger partial charge in [0.2, 0.25) is 0 Å². The van der Waals surface area contributed by atoms with Gasteiger partial charge in [-0.1, -0.05) is 37.3 Å². The van der Waals surface area contributed by atoms with Crippen molar-refractivity contribution in [2.75, 3.05) is 0 Å². The molecule has 3 nitrogen and oxygen atoms in total. The number of aromatic hydroxyl groups is 1. The molecule has 4 rings (SSSR count). The van der Waals surface area contributed by atoms with E-state index in [1.165, 1.54) is 25.7 Å². The van der Waals surface area contributed by atoms with Gasteiger partial charge >= 0.3 is 5.63 Å². The maximum atomic E-state index is 12.8. The molecule has 0 bridgehead atoms. The first-order valence-corrected chi connectivity index (χ1v) is 11.0. The fourth-order valence-corrected chi connectivity index (χ4v) is 5.01. The lowest BCUT2D eigenvalue weighted by atomic mass is 9.89. The molecule has 1 aromatic carbocycles. The minimum Gasteiger partial charge on any atom is -0.506 e. The third-order valence-electron chi connectivity index (χ3n) is 6.26. The van der Waals surface area contributed by atoms with Crippen molar-refractivity contribution in [3.63, 3.8) is 0 Å². The van der Waals surface area contributed by atoms with E-state index in [9.17, 15) is 9.90 Å². The molecule has 2 aliphatic rings. The average molecular weight is 431 g/mol. The second-order valence-electron chi connectivity index (χ2n) is 8.14. The highest BCUT2D eigenvalue weighted by molar-refractivity contribution is 9.10. The average Bonchev–Trinajstić information content (AvgIpc) is 3.57. The zero-order chi connectivity index (χ0) is 19.0. The number of halogens is 1. The summed E-state index contributed by atoms with van der Waals surface area (Å²) in [5.41, 5.74) is 0.973. The van der Waals surface area contributed by atoms with Gasteiger partial charge in [-0.3, -0.25) is 0 Å². The van der Waals surface area contributed by atoms with Gasteiger partial charge in [0.1, 0.15) is 11.5 Å². The second kappa shape index (κ2) is 7.83. The zero-order valence-electron chi connectivity index (χ0n) is 15.8. The van der Waals surface area contributed by atoms with E-state index in [4.69, 9.17) is 4.42 Å². The normalized spacial score (nSPS) is 18.0. The number of rotatable bonds is 8. The summed E-state index contributed by atoms with van der Waals surface area (Å²) in [6, 6.07) is 9.84. The molecule has 2 aromatic rings. The number of benzene rings is 1. The topological polar surface area (TPSA) is 50.4 Å². The summed E-state index contributed by atoms with van der Waals surface area (Å²) in [4.78, 5) is 12.8. The van der Waals surface area contributed by atoms with Gasteiger partial charge in [0, 0.05) is 12.3 Å². The highest BCUT2D eigenvalue weighted by Crippen LogP contribution is 2.51. The molecule has 2 saturated carbocycles. The summed E-state index contributed by atoms with van der Waals surface area (Å²) in [6.45, 7) is 2.02. The maximum Gasteiger partial charge on any atom is 0.343 e. The van der Waals surface area contributed by atoms with Gasteiger partial charge in [0.15, 0.2) is 0 Å². The summed E-state index contributed by atoms with van der Waals surface area (Å²) in [7, 11) is 0. The van der Waals surface area contributed by atoms with E-state index in [1.807, 2.05) is 37.3 Å². The zero-order valence-corrected chi connectivity index (χ0v) is 17.4.